The number of aryl methyl sites for hydroxylation is 1. The highest BCUT2D eigenvalue weighted by Gasteiger charge is 2.18. The highest BCUT2D eigenvalue weighted by atomic mass is 32.2. The number of rotatable bonds is 12. The van der Waals surface area contributed by atoms with Crippen LogP contribution in [0.4, 0.5) is 13.2 Å². The van der Waals surface area contributed by atoms with Crippen LogP contribution in [0, 0.1) is 23.4 Å². The van der Waals surface area contributed by atoms with Crippen LogP contribution in [0.3, 0.4) is 0 Å². The van der Waals surface area contributed by atoms with Crippen LogP contribution in [0.1, 0.15) is 18.4 Å². The van der Waals surface area contributed by atoms with Crippen molar-refractivity contribution in [1.29, 1.82) is 0 Å². The number of hydrogen-bond donors (Lipinski definition) is 2. The van der Waals surface area contributed by atoms with Crippen LogP contribution in [-0.2, 0) is 11.2 Å². The largest absolute Gasteiger partial charge is 0.497 e. The Labute approximate surface area is 194 Å². The van der Waals surface area contributed by atoms with Gasteiger partial charge in [-0.3, -0.25) is 9.78 Å². The summed E-state index contributed by atoms with van der Waals surface area (Å²) >= 11 is 1.16. The second-order valence-electron chi connectivity index (χ2n) is 7.52. The minimum atomic E-state index is -0.937. The Morgan fingerprint density at radius 3 is 2.76 bits per heavy atom. The van der Waals surface area contributed by atoms with Crippen LogP contribution in [0.5, 0.6) is 5.75 Å². The number of benzene rings is 2. The first kappa shape index (κ1) is 24.9. The highest BCUT2D eigenvalue weighted by Crippen LogP contribution is 2.26. The maximum atomic E-state index is 14.4. The van der Waals surface area contributed by atoms with Gasteiger partial charge < -0.3 is 15.2 Å². The van der Waals surface area contributed by atoms with E-state index in [1.165, 1.54) is 13.3 Å². The number of nitrogens with one attached hydrogen (secondary N) is 1. The molecule has 5 nitrogen and oxygen atoms in total. The standard InChI is InChI=1S/C24H25F3N2O3S/c1-32-17-6-8-22-19(12-17)18(21(27)14-29-22)4-2-3-15(24(30)31)13-28-9-10-33-23-11-16(25)5-7-20(23)26/h5-8,11-12,14-15,28H,2-4,9-10,13H2,1H3,(H,30,31). The normalized spacial score (nSPS) is 12.1. The third kappa shape index (κ3) is 6.85. The van der Waals surface area contributed by atoms with Gasteiger partial charge in [-0.05, 0) is 61.2 Å². The van der Waals surface area contributed by atoms with Crippen molar-refractivity contribution in [3.8, 4) is 5.75 Å². The molecule has 0 amide bonds. The van der Waals surface area contributed by atoms with Crippen molar-refractivity contribution in [3.63, 3.8) is 0 Å². The van der Waals surface area contributed by atoms with Crippen molar-refractivity contribution in [2.75, 3.05) is 26.0 Å². The summed E-state index contributed by atoms with van der Waals surface area (Å²) in [6.07, 6.45) is 2.40. The number of carbonyl (C=O) groups is 1. The molecule has 0 bridgehead atoms. The molecular weight excluding hydrogens is 453 g/mol. The molecule has 0 radical (unpaired) electrons. The lowest BCUT2D eigenvalue weighted by atomic mass is 9.97. The Morgan fingerprint density at radius 2 is 2.00 bits per heavy atom. The topological polar surface area (TPSA) is 71.5 Å². The van der Waals surface area contributed by atoms with Crippen LogP contribution in [0.15, 0.2) is 47.5 Å². The molecule has 0 aliphatic carbocycles. The average molecular weight is 479 g/mol. The summed E-state index contributed by atoms with van der Waals surface area (Å²) < 4.78 is 46.5. The van der Waals surface area contributed by atoms with E-state index in [0.29, 0.717) is 53.8 Å². The van der Waals surface area contributed by atoms with Crippen molar-refractivity contribution in [2.24, 2.45) is 5.92 Å². The third-order valence-electron chi connectivity index (χ3n) is 5.28. The summed E-state index contributed by atoms with van der Waals surface area (Å²) in [5.74, 6) is -1.95. The number of halogens is 3. The molecule has 3 rings (SSSR count). The fourth-order valence-electron chi connectivity index (χ4n) is 3.52. The van der Waals surface area contributed by atoms with Crippen LogP contribution in [0.2, 0.25) is 0 Å². The monoisotopic (exact) mass is 478 g/mol. The Morgan fingerprint density at radius 1 is 1.18 bits per heavy atom. The number of fused-ring (bicyclic) bond motifs is 1. The lowest BCUT2D eigenvalue weighted by molar-refractivity contribution is -0.141. The first-order valence-electron chi connectivity index (χ1n) is 10.5. The summed E-state index contributed by atoms with van der Waals surface area (Å²) in [6.45, 7) is 0.669. The number of aliphatic carboxylic acids is 1. The van der Waals surface area contributed by atoms with Gasteiger partial charge in [-0.15, -0.1) is 11.8 Å². The Bertz CT molecular complexity index is 1110. The van der Waals surface area contributed by atoms with Gasteiger partial charge >= 0.3 is 5.97 Å². The van der Waals surface area contributed by atoms with Gasteiger partial charge in [-0.2, -0.15) is 0 Å². The van der Waals surface area contributed by atoms with Crippen LogP contribution < -0.4 is 10.1 Å². The van der Waals surface area contributed by atoms with Gasteiger partial charge in [0, 0.05) is 29.1 Å². The lowest BCUT2D eigenvalue weighted by Gasteiger charge is -2.14. The number of carboxylic acids is 1. The summed E-state index contributed by atoms with van der Waals surface area (Å²) in [5.41, 5.74) is 1.14. The number of carboxylic acid groups (broad SMARTS) is 1. The van der Waals surface area contributed by atoms with E-state index in [2.05, 4.69) is 10.3 Å². The fraction of sp³-hybridized carbons (Fsp3) is 0.333. The molecular formula is C24H25F3N2O3S. The van der Waals surface area contributed by atoms with E-state index < -0.39 is 29.3 Å². The smallest absolute Gasteiger partial charge is 0.307 e. The third-order valence-corrected chi connectivity index (χ3v) is 6.32. The van der Waals surface area contributed by atoms with Gasteiger partial charge in [0.1, 0.15) is 23.2 Å². The first-order chi connectivity index (χ1) is 15.9. The summed E-state index contributed by atoms with van der Waals surface area (Å²) in [4.78, 5) is 15.9. The SMILES string of the molecule is COc1ccc2ncc(F)c(CCCC(CNCCSc3cc(F)ccc3F)C(=O)O)c2c1. The molecule has 9 heteroatoms. The second-order valence-corrected chi connectivity index (χ2v) is 8.66. The summed E-state index contributed by atoms with van der Waals surface area (Å²) in [7, 11) is 1.53. The van der Waals surface area contributed by atoms with Gasteiger partial charge in [-0.1, -0.05) is 0 Å². The van der Waals surface area contributed by atoms with E-state index in [-0.39, 0.29) is 11.4 Å². The molecule has 1 heterocycles. The molecule has 0 spiro atoms. The van der Waals surface area contributed by atoms with Crippen LogP contribution >= 0.6 is 11.8 Å². The van der Waals surface area contributed by atoms with Crippen molar-refractivity contribution in [1.82, 2.24) is 10.3 Å². The van der Waals surface area contributed by atoms with Crippen molar-refractivity contribution < 1.29 is 27.8 Å². The minimum absolute atomic E-state index is 0.217. The number of methoxy groups -OCH3 is 1. The zero-order valence-corrected chi connectivity index (χ0v) is 18.9. The molecule has 0 fully saturated rings. The van der Waals surface area contributed by atoms with Crippen LogP contribution in [0.25, 0.3) is 10.9 Å². The fourth-order valence-corrected chi connectivity index (χ4v) is 4.39. The number of aromatic nitrogens is 1. The maximum Gasteiger partial charge on any atom is 0.307 e. The van der Waals surface area contributed by atoms with E-state index in [1.807, 2.05) is 0 Å². The van der Waals surface area contributed by atoms with E-state index in [1.54, 1.807) is 18.2 Å². The van der Waals surface area contributed by atoms with Crippen molar-refractivity contribution >= 4 is 28.6 Å². The Balaban J connectivity index is 1.50. The lowest BCUT2D eigenvalue weighted by Crippen LogP contribution is -2.30. The van der Waals surface area contributed by atoms with E-state index in [0.717, 1.165) is 30.0 Å². The maximum absolute atomic E-state index is 14.4. The zero-order chi connectivity index (χ0) is 23.8. The number of hydrogen-bond acceptors (Lipinski definition) is 5. The molecule has 0 saturated heterocycles. The van der Waals surface area contributed by atoms with Gasteiger partial charge in [0.2, 0.25) is 0 Å². The molecule has 1 unspecified atom stereocenters. The molecule has 0 aliphatic heterocycles. The number of nitrogens with zero attached hydrogens (tertiary/aromatic N) is 1. The highest BCUT2D eigenvalue weighted by molar-refractivity contribution is 7.99. The predicted molar refractivity (Wildman–Crippen MR) is 122 cm³/mol. The summed E-state index contributed by atoms with van der Waals surface area (Å²) in [5, 5.41) is 13.2. The van der Waals surface area contributed by atoms with Crippen molar-refractivity contribution in [2.45, 2.75) is 24.2 Å². The van der Waals surface area contributed by atoms with Gasteiger partial charge in [0.25, 0.3) is 0 Å². The van der Waals surface area contributed by atoms with E-state index in [4.69, 9.17) is 4.74 Å². The number of pyridine rings is 1. The average Bonchev–Trinajstić information content (AvgIpc) is 2.80. The Kier molecular flexibility index (Phi) is 8.96. The molecule has 176 valence electrons. The molecule has 1 aromatic heterocycles. The molecule has 0 aliphatic rings. The Hall–Kier alpha value is -2.78. The second kappa shape index (κ2) is 11.9. The minimum Gasteiger partial charge on any atom is -0.497 e. The zero-order valence-electron chi connectivity index (χ0n) is 18.1. The molecule has 1 atom stereocenters. The molecule has 2 aromatic carbocycles. The van der Waals surface area contributed by atoms with Gasteiger partial charge in [0.05, 0.1) is 24.7 Å². The predicted octanol–water partition coefficient (Wildman–Crippen LogP) is 5.07. The van der Waals surface area contributed by atoms with Gasteiger partial charge in [-0.25, -0.2) is 13.2 Å². The van der Waals surface area contributed by atoms with E-state index in [9.17, 15) is 23.1 Å². The first-order valence-corrected chi connectivity index (χ1v) is 11.5. The summed E-state index contributed by atoms with van der Waals surface area (Å²) in [6, 6.07) is 8.52. The molecule has 3 aromatic rings. The van der Waals surface area contributed by atoms with Crippen LogP contribution in [-0.4, -0.2) is 42.0 Å². The molecule has 33 heavy (non-hydrogen) atoms. The van der Waals surface area contributed by atoms with E-state index >= 15 is 0 Å². The number of ether oxygens (including phenoxy) is 1. The number of thioether (sulfide) groups is 1. The molecule has 0 saturated carbocycles. The quantitative estimate of drug-likeness (QED) is 0.280. The van der Waals surface area contributed by atoms with Gasteiger partial charge in [0.15, 0.2) is 0 Å². The molecule has 2 N–H and O–H groups in total. The van der Waals surface area contributed by atoms with Crippen molar-refractivity contribution in [3.05, 3.63) is 65.6 Å².